The third-order valence-corrected chi connectivity index (χ3v) is 11.0. The largest absolute Gasteiger partial charge is 2.00 e. The van der Waals surface area contributed by atoms with Crippen LogP contribution in [0.15, 0.2) is 78.5 Å². The molecular formula is C47H54N4OPt. The fourth-order valence-corrected chi connectivity index (χ4v) is 8.43. The van der Waals surface area contributed by atoms with Crippen LogP contribution in [0.2, 0.25) is 0 Å². The van der Waals surface area contributed by atoms with Crippen molar-refractivity contribution in [3.05, 3.63) is 119 Å². The summed E-state index contributed by atoms with van der Waals surface area (Å²) in [7, 11) is 0. The summed E-state index contributed by atoms with van der Waals surface area (Å²) in [6.07, 6.45) is 8.81. The fraction of sp³-hybridized carbons (Fsp3) is 0.404. The van der Waals surface area contributed by atoms with Crippen LogP contribution in [0.5, 0.6) is 11.5 Å². The summed E-state index contributed by atoms with van der Waals surface area (Å²) in [4.78, 5) is 4.85. The maximum atomic E-state index is 6.73. The van der Waals surface area contributed by atoms with Gasteiger partial charge in [-0.3, -0.25) is 4.68 Å². The molecule has 5 nitrogen and oxygen atoms in total. The number of rotatable bonds is 9. The Labute approximate surface area is 331 Å². The molecule has 7 rings (SSSR count). The Morgan fingerprint density at radius 1 is 0.943 bits per heavy atom. The monoisotopic (exact) mass is 885 g/mol. The number of hydrogen-bond acceptors (Lipinski definition) is 3. The molecule has 0 saturated carbocycles. The number of benzene rings is 3. The van der Waals surface area contributed by atoms with Crippen LogP contribution in [0.25, 0.3) is 33.3 Å². The first-order chi connectivity index (χ1) is 24.8. The van der Waals surface area contributed by atoms with E-state index >= 15 is 0 Å². The summed E-state index contributed by atoms with van der Waals surface area (Å²) < 4.78 is 11.1. The van der Waals surface area contributed by atoms with Gasteiger partial charge in [-0.05, 0) is 91.1 Å². The molecular weight excluding hydrogens is 832 g/mol. The van der Waals surface area contributed by atoms with Crippen LogP contribution in [-0.4, -0.2) is 19.3 Å². The molecule has 0 radical (unpaired) electrons. The number of hydrogen-bond donors (Lipinski definition) is 0. The zero-order chi connectivity index (χ0) is 36.9. The molecule has 53 heavy (non-hydrogen) atoms. The number of para-hydroxylation sites is 1. The zero-order valence-electron chi connectivity index (χ0n) is 33.1. The predicted octanol–water partition coefficient (Wildman–Crippen LogP) is 12.5. The van der Waals surface area contributed by atoms with Crippen molar-refractivity contribution in [2.75, 3.05) is 0 Å². The van der Waals surface area contributed by atoms with E-state index in [1.807, 2.05) is 12.3 Å². The van der Waals surface area contributed by atoms with Crippen LogP contribution in [0.1, 0.15) is 121 Å². The van der Waals surface area contributed by atoms with Gasteiger partial charge >= 0.3 is 21.1 Å². The van der Waals surface area contributed by atoms with Crippen molar-refractivity contribution in [2.24, 2.45) is 11.8 Å². The standard InChI is InChI=1S/C47H54N4O.Pt/c1-11-12-16-42-46(45-31(5)22-30(4)23-32(45)6)33(7)49-51(42)36-24-34(29(2)3)25-38(27-36)52-37-18-19-40-39-15-13-14-17-41(39)50(43(40)28-37)44-26-35(20-21-48-44)47(8,9)10;/h13-15,17-22,24-26,29-30,32,45H,11-12,16,23H2,1-10H3;/q-2;+2/t30-,32-,45?;/m0./s1. The van der Waals surface area contributed by atoms with Crippen molar-refractivity contribution in [1.29, 1.82) is 0 Å². The Bertz CT molecular complexity index is 2280. The van der Waals surface area contributed by atoms with E-state index < -0.39 is 0 Å². The third-order valence-electron chi connectivity index (χ3n) is 11.0. The number of unbranched alkanes of at least 4 members (excludes halogenated alkanes) is 1. The van der Waals surface area contributed by atoms with Gasteiger partial charge in [0.05, 0.1) is 5.69 Å². The number of allylic oxidation sites excluding steroid dienone is 2. The van der Waals surface area contributed by atoms with Crippen molar-refractivity contribution in [3.63, 3.8) is 0 Å². The maximum absolute atomic E-state index is 6.73. The second kappa shape index (κ2) is 15.4. The molecule has 0 N–H and O–H groups in total. The van der Waals surface area contributed by atoms with E-state index in [0.717, 1.165) is 58.3 Å². The summed E-state index contributed by atoms with van der Waals surface area (Å²) in [5, 5.41) is 7.54. The van der Waals surface area contributed by atoms with Gasteiger partial charge in [-0.25, -0.2) is 4.98 Å². The quantitative estimate of drug-likeness (QED) is 0.107. The van der Waals surface area contributed by atoms with E-state index in [9.17, 15) is 0 Å². The summed E-state index contributed by atoms with van der Waals surface area (Å²) in [6.45, 7) is 22.7. The molecule has 0 aliphatic heterocycles. The van der Waals surface area contributed by atoms with E-state index in [1.54, 1.807) is 0 Å². The Hall–Kier alpha value is -3.95. The summed E-state index contributed by atoms with van der Waals surface area (Å²) in [5.74, 6) is 4.03. The van der Waals surface area contributed by atoms with E-state index in [4.69, 9.17) is 14.8 Å². The molecule has 3 heterocycles. The predicted molar refractivity (Wildman–Crippen MR) is 215 cm³/mol. The van der Waals surface area contributed by atoms with Gasteiger partial charge in [0.2, 0.25) is 0 Å². The Morgan fingerprint density at radius 3 is 2.43 bits per heavy atom. The average Bonchev–Trinajstić information content (AvgIpc) is 3.60. The molecule has 6 aromatic rings. The molecule has 1 aliphatic carbocycles. The minimum absolute atomic E-state index is 0. The van der Waals surface area contributed by atoms with Crippen LogP contribution in [0, 0.1) is 30.9 Å². The van der Waals surface area contributed by atoms with Gasteiger partial charge < -0.3 is 9.30 Å². The number of fused-ring (bicyclic) bond motifs is 3. The van der Waals surface area contributed by atoms with Crippen LogP contribution < -0.4 is 4.74 Å². The minimum atomic E-state index is -0.00352. The van der Waals surface area contributed by atoms with Gasteiger partial charge in [-0.15, -0.1) is 41.3 Å². The summed E-state index contributed by atoms with van der Waals surface area (Å²) in [6, 6.07) is 28.7. The minimum Gasteiger partial charge on any atom is -0.509 e. The Balaban J connectivity index is 0.00000481. The zero-order valence-corrected chi connectivity index (χ0v) is 35.4. The van der Waals surface area contributed by atoms with Crippen LogP contribution in [0.3, 0.4) is 0 Å². The first-order valence-electron chi connectivity index (χ1n) is 19.3. The van der Waals surface area contributed by atoms with Gasteiger partial charge in [0.25, 0.3) is 0 Å². The molecule has 0 amide bonds. The molecule has 0 spiro atoms. The van der Waals surface area contributed by atoms with E-state index in [2.05, 4.69) is 151 Å². The number of aryl methyl sites for hydroxylation is 1. The first-order valence-corrected chi connectivity index (χ1v) is 19.3. The van der Waals surface area contributed by atoms with E-state index in [1.165, 1.54) is 34.4 Å². The van der Waals surface area contributed by atoms with Crippen LogP contribution in [-0.2, 0) is 32.9 Å². The van der Waals surface area contributed by atoms with E-state index in [-0.39, 0.29) is 26.5 Å². The topological polar surface area (TPSA) is 44.9 Å². The smallest absolute Gasteiger partial charge is 0.509 e. The maximum Gasteiger partial charge on any atom is 2.00 e. The van der Waals surface area contributed by atoms with Crippen molar-refractivity contribution >= 4 is 21.8 Å². The number of nitrogens with zero attached hydrogens (tertiary/aromatic N) is 4. The average molecular weight is 886 g/mol. The normalized spacial score (nSPS) is 17.7. The second-order valence-electron chi connectivity index (χ2n) is 16.5. The molecule has 278 valence electrons. The molecule has 3 aromatic heterocycles. The number of pyridine rings is 1. The van der Waals surface area contributed by atoms with Gasteiger partial charge in [0, 0.05) is 40.4 Å². The third kappa shape index (κ3) is 7.57. The number of aromatic nitrogens is 4. The first kappa shape index (κ1) is 38.8. The summed E-state index contributed by atoms with van der Waals surface area (Å²) >= 11 is 0. The molecule has 0 fully saturated rings. The van der Waals surface area contributed by atoms with Crippen LogP contribution >= 0.6 is 0 Å². The van der Waals surface area contributed by atoms with Gasteiger partial charge in [0.1, 0.15) is 5.82 Å². The molecule has 3 atom stereocenters. The molecule has 0 bridgehead atoms. The van der Waals surface area contributed by atoms with Crippen molar-refractivity contribution < 1.29 is 25.8 Å². The van der Waals surface area contributed by atoms with E-state index in [0.29, 0.717) is 35.2 Å². The van der Waals surface area contributed by atoms with Crippen molar-refractivity contribution in [1.82, 2.24) is 19.3 Å². The van der Waals surface area contributed by atoms with Gasteiger partial charge in [0.15, 0.2) is 0 Å². The molecule has 3 aromatic carbocycles. The number of ether oxygens (including phenoxy) is 1. The molecule has 6 heteroatoms. The molecule has 0 saturated heterocycles. The summed E-state index contributed by atoms with van der Waals surface area (Å²) in [5.41, 5.74) is 10.7. The van der Waals surface area contributed by atoms with Crippen LogP contribution in [0.4, 0.5) is 0 Å². The van der Waals surface area contributed by atoms with Gasteiger partial charge in [-0.2, -0.15) is 11.2 Å². The fourth-order valence-electron chi connectivity index (χ4n) is 8.43. The Morgan fingerprint density at radius 2 is 1.72 bits per heavy atom. The Kier molecular flexibility index (Phi) is 11.3. The van der Waals surface area contributed by atoms with Crippen molar-refractivity contribution in [3.8, 4) is 23.0 Å². The molecule has 1 unspecified atom stereocenters. The SMILES string of the molecule is CCCCc1c(C2C(C)=C[C@H](C)C[C@@H]2C)c(C)nn1-c1[c-]c(Oc2[c-]c3c(cc2)c2ccccc2n3-c2cc(C(C)(C)C)ccn2)cc(C(C)C)c1.[Pt+2]. The van der Waals surface area contributed by atoms with Gasteiger partial charge in [-0.1, -0.05) is 97.2 Å². The molecule has 1 aliphatic rings. The second-order valence-corrected chi connectivity index (χ2v) is 16.5. The van der Waals surface area contributed by atoms with Crippen molar-refractivity contribution in [2.45, 2.75) is 112 Å².